The Bertz CT molecular complexity index is 582. The Kier molecular flexibility index (Phi) is 3.76. The first-order valence-electron chi connectivity index (χ1n) is 6.02. The molecule has 2 aromatic rings. The van der Waals surface area contributed by atoms with Gasteiger partial charge >= 0.3 is 5.97 Å². The van der Waals surface area contributed by atoms with Gasteiger partial charge in [0.15, 0.2) is 0 Å². The van der Waals surface area contributed by atoms with Crippen LogP contribution in [0, 0.1) is 13.8 Å². The summed E-state index contributed by atoms with van der Waals surface area (Å²) in [5, 5.41) is 8.93. The van der Waals surface area contributed by atoms with Gasteiger partial charge in [-0.15, -0.1) is 0 Å². The Morgan fingerprint density at radius 3 is 2.42 bits per heavy atom. The van der Waals surface area contributed by atoms with Crippen molar-refractivity contribution in [3.8, 4) is 0 Å². The summed E-state index contributed by atoms with van der Waals surface area (Å²) >= 11 is 0. The maximum Gasteiger partial charge on any atom is 0.372 e. The van der Waals surface area contributed by atoms with Crippen LogP contribution in [0.3, 0.4) is 0 Å². The van der Waals surface area contributed by atoms with Crippen molar-refractivity contribution in [2.24, 2.45) is 0 Å². The fourth-order valence-corrected chi connectivity index (χ4v) is 2.00. The average Bonchev–Trinajstić information content (AvgIpc) is 2.85. The molecule has 0 aliphatic rings. The zero-order valence-corrected chi connectivity index (χ0v) is 11.3. The summed E-state index contributed by atoms with van der Waals surface area (Å²) in [5.74, 6) is 1.37. The molecule has 0 bridgehead atoms. The number of furan rings is 2. The van der Waals surface area contributed by atoms with Crippen molar-refractivity contribution in [3.05, 3.63) is 46.8 Å². The molecule has 0 spiro atoms. The third kappa shape index (κ3) is 3.26. The van der Waals surface area contributed by atoms with Crippen LogP contribution in [0.5, 0.6) is 0 Å². The molecule has 2 aromatic heterocycles. The summed E-state index contributed by atoms with van der Waals surface area (Å²) in [6.07, 6.45) is 0. The van der Waals surface area contributed by atoms with E-state index in [1.165, 1.54) is 0 Å². The predicted octanol–water partition coefficient (Wildman–Crippen LogP) is 2.82. The van der Waals surface area contributed by atoms with Gasteiger partial charge in [0.1, 0.15) is 17.3 Å². The SMILES string of the molecule is Cc1ccc(CN(C)Cc2cc(C)c(C(=O)O)o2)o1. The smallest absolute Gasteiger partial charge is 0.372 e. The average molecular weight is 263 g/mol. The summed E-state index contributed by atoms with van der Waals surface area (Å²) in [4.78, 5) is 12.9. The molecule has 1 N–H and O–H groups in total. The van der Waals surface area contributed by atoms with E-state index in [-0.39, 0.29) is 5.76 Å². The van der Waals surface area contributed by atoms with Crippen LogP contribution >= 0.6 is 0 Å². The van der Waals surface area contributed by atoms with Gasteiger partial charge in [-0.1, -0.05) is 0 Å². The molecule has 5 nitrogen and oxygen atoms in total. The van der Waals surface area contributed by atoms with E-state index < -0.39 is 5.97 Å². The lowest BCUT2D eigenvalue weighted by Crippen LogP contribution is -2.16. The van der Waals surface area contributed by atoms with Crippen LogP contribution in [-0.2, 0) is 13.1 Å². The molecule has 0 saturated carbocycles. The van der Waals surface area contributed by atoms with Crippen LogP contribution < -0.4 is 0 Å². The highest BCUT2D eigenvalue weighted by atomic mass is 16.4. The maximum atomic E-state index is 10.9. The van der Waals surface area contributed by atoms with E-state index in [2.05, 4.69) is 0 Å². The quantitative estimate of drug-likeness (QED) is 0.898. The van der Waals surface area contributed by atoms with Crippen molar-refractivity contribution in [3.63, 3.8) is 0 Å². The minimum atomic E-state index is -1.03. The van der Waals surface area contributed by atoms with Gasteiger partial charge in [0, 0.05) is 5.56 Å². The van der Waals surface area contributed by atoms with E-state index in [0.29, 0.717) is 24.4 Å². The monoisotopic (exact) mass is 263 g/mol. The number of hydrogen-bond donors (Lipinski definition) is 1. The summed E-state index contributed by atoms with van der Waals surface area (Å²) in [5.41, 5.74) is 0.643. The zero-order valence-electron chi connectivity index (χ0n) is 11.3. The molecule has 19 heavy (non-hydrogen) atoms. The number of aryl methyl sites for hydroxylation is 2. The summed E-state index contributed by atoms with van der Waals surface area (Å²) in [7, 11) is 1.93. The van der Waals surface area contributed by atoms with Crippen LogP contribution in [-0.4, -0.2) is 23.0 Å². The molecule has 0 amide bonds. The lowest BCUT2D eigenvalue weighted by Gasteiger charge is -2.12. The van der Waals surface area contributed by atoms with Crippen molar-refractivity contribution < 1.29 is 18.7 Å². The number of nitrogens with zero attached hydrogens (tertiary/aromatic N) is 1. The molecule has 0 fully saturated rings. The van der Waals surface area contributed by atoms with Crippen molar-refractivity contribution in [2.75, 3.05) is 7.05 Å². The number of carbonyl (C=O) groups is 1. The molecule has 5 heteroatoms. The third-order valence-electron chi connectivity index (χ3n) is 2.81. The molecular formula is C14H17NO4. The maximum absolute atomic E-state index is 10.9. The molecule has 2 heterocycles. The van der Waals surface area contributed by atoms with Crippen LogP contribution in [0.4, 0.5) is 0 Å². The highest BCUT2D eigenvalue weighted by Crippen LogP contribution is 2.17. The lowest BCUT2D eigenvalue weighted by molar-refractivity contribution is 0.0657. The molecule has 2 rings (SSSR count). The van der Waals surface area contributed by atoms with E-state index in [1.54, 1.807) is 13.0 Å². The van der Waals surface area contributed by atoms with Crippen LogP contribution in [0.2, 0.25) is 0 Å². The Labute approximate surface area is 111 Å². The van der Waals surface area contributed by atoms with Gasteiger partial charge in [0.2, 0.25) is 5.76 Å². The topological polar surface area (TPSA) is 66.8 Å². The molecular weight excluding hydrogens is 246 g/mol. The molecule has 0 atom stereocenters. The van der Waals surface area contributed by atoms with Gasteiger partial charge in [-0.2, -0.15) is 0 Å². The van der Waals surface area contributed by atoms with Crippen molar-refractivity contribution in [1.29, 1.82) is 0 Å². The molecule has 0 radical (unpaired) electrons. The second-order valence-corrected chi connectivity index (χ2v) is 4.71. The minimum absolute atomic E-state index is 0.0113. The first kappa shape index (κ1) is 13.4. The molecule has 102 valence electrons. The molecule has 0 aliphatic carbocycles. The number of rotatable bonds is 5. The summed E-state index contributed by atoms with van der Waals surface area (Å²) in [6.45, 7) is 4.81. The predicted molar refractivity (Wildman–Crippen MR) is 69.0 cm³/mol. The Balaban J connectivity index is 2.00. The highest BCUT2D eigenvalue weighted by molar-refractivity contribution is 5.86. The number of hydrogen-bond acceptors (Lipinski definition) is 4. The van der Waals surface area contributed by atoms with Gasteiger partial charge in [0.25, 0.3) is 0 Å². The highest BCUT2D eigenvalue weighted by Gasteiger charge is 2.15. The Morgan fingerprint density at radius 2 is 1.89 bits per heavy atom. The van der Waals surface area contributed by atoms with E-state index in [4.69, 9.17) is 13.9 Å². The van der Waals surface area contributed by atoms with E-state index in [1.807, 2.05) is 31.0 Å². The fraction of sp³-hybridized carbons (Fsp3) is 0.357. The molecule has 0 unspecified atom stereocenters. The van der Waals surface area contributed by atoms with Gasteiger partial charge in [0.05, 0.1) is 13.1 Å². The Hall–Kier alpha value is -2.01. The van der Waals surface area contributed by atoms with Crippen molar-refractivity contribution in [1.82, 2.24) is 4.90 Å². The van der Waals surface area contributed by atoms with Gasteiger partial charge < -0.3 is 13.9 Å². The standard InChI is InChI=1S/C14H17NO4/c1-9-6-12(19-13(9)14(16)17)8-15(3)7-11-5-4-10(2)18-11/h4-6H,7-8H2,1-3H3,(H,16,17). The third-order valence-corrected chi connectivity index (χ3v) is 2.81. The number of aromatic carboxylic acids is 1. The number of carboxylic acid groups (broad SMARTS) is 1. The zero-order chi connectivity index (χ0) is 14.0. The Morgan fingerprint density at radius 1 is 1.21 bits per heavy atom. The molecule has 0 aromatic carbocycles. The lowest BCUT2D eigenvalue weighted by atomic mass is 10.2. The number of carboxylic acids is 1. The largest absolute Gasteiger partial charge is 0.475 e. The van der Waals surface area contributed by atoms with Gasteiger partial charge in [-0.05, 0) is 39.1 Å². The first-order valence-corrected chi connectivity index (χ1v) is 6.02. The van der Waals surface area contributed by atoms with E-state index in [0.717, 1.165) is 11.5 Å². The van der Waals surface area contributed by atoms with Gasteiger partial charge in [-0.3, -0.25) is 4.90 Å². The van der Waals surface area contributed by atoms with Crippen LogP contribution in [0.25, 0.3) is 0 Å². The van der Waals surface area contributed by atoms with Crippen LogP contribution in [0.1, 0.15) is 33.4 Å². The normalized spacial score (nSPS) is 11.2. The van der Waals surface area contributed by atoms with Crippen molar-refractivity contribution in [2.45, 2.75) is 26.9 Å². The van der Waals surface area contributed by atoms with Crippen molar-refractivity contribution >= 4 is 5.97 Å². The molecule has 0 saturated heterocycles. The first-order chi connectivity index (χ1) is 8.95. The van der Waals surface area contributed by atoms with Crippen LogP contribution in [0.15, 0.2) is 27.0 Å². The van der Waals surface area contributed by atoms with E-state index in [9.17, 15) is 4.79 Å². The van der Waals surface area contributed by atoms with Gasteiger partial charge in [-0.25, -0.2) is 4.79 Å². The summed E-state index contributed by atoms with van der Waals surface area (Å²) < 4.78 is 10.8. The fourth-order valence-electron chi connectivity index (χ4n) is 2.00. The molecule has 0 aliphatic heterocycles. The summed E-state index contributed by atoms with van der Waals surface area (Å²) in [6, 6.07) is 5.61. The second kappa shape index (κ2) is 5.32. The minimum Gasteiger partial charge on any atom is -0.475 e. The van der Waals surface area contributed by atoms with E-state index >= 15 is 0 Å². The second-order valence-electron chi connectivity index (χ2n) is 4.71.